The van der Waals surface area contributed by atoms with E-state index in [-0.39, 0.29) is 6.03 Å². The quantitative estimate of drug-likeness (QED) is 0.817. The van der Waals surface area contributed by atoms with Crippen LogP contribution >= 0.6 is 0 Å². The smallest absolute Gasteiger partial charge is 0.326 e. The number of rotatable bonds is 4. The molecule has 5 nitrogen and oxygen atoms in total. The van der Waals surface area contributed by atoms with Gasteiger partial charge in [0.15, 0.2) is 0 Å². The van der Waals surface area contributed by atoms with Crippen LogP contribution in [0.1, 0.15) is 39.5 Å². The second-order valence-electron chi connectivity index (χ2n) is 4.41. The molecule has 17 heavy (non-hydrogen) atoms. The normalized spacial score (nSPS) is 20.1. The summed E-state index contributed by atoms with van der Waals surface area (Å²) in [6, 6.07) is -0.761. The molecule has 0 saturated carbocycles. The molecule has 0 bridgehead atoms. The van der Waals surface area contributed by atoms with Crippen LogP contribution in [0.25, 0.3) is 0 Å². The fraction of sp³-hybridized carbons (Fsp3) is 0.833. The number of carboxylic acid groups (broad SMARTS) is 1. The van der Waals surface area contributed by atoms with Gasteiger partial charge in [0.1, 0.15) is 6.04 Å². The summed E-state index contributed by atoms with van der Waals surface area (Å²) in [5.74, 6) is -0.884. The fourth-order valence-electron chi connectivity index (χ4n) is 2.26. The molecule has 0 aromatic heterocycles. The van der Waals surface area contributed by atoms with E-state index in [4.69, 9.17) is 5.11 Å². The number of carbonyl (C=O) groups is 2. The van der Waals surface area contributed by atoms with Gasteiger partial charge in [-0.3, -0.25) is 0 Å². The standard InChI is InChI=1S/C12H22N2O3/c1-3-8-13(4-2)12(17)14-9-6-5-7-10(14)11(15)16/h10H,3-9H2,1-2H3,(H,15,16)/t10-/m1/s1. The topological polar surface area (TPSA) is 60.9 Å². The van der Waals surface area contributed by atoms with Crippen molar-refractivity contribution in [3.63, 3.8) is 0 Å². The van der Waals surface area contributed by atoms with Crippen LogP contribution in [0.5, 0.6) is 0 Å². The van der Waals surface area contributed by atoms with Gasteiger partial charge in [-0.05, 0) is 32.6 Å². The lowest BCUT2D eigenvalue weighted by Crippen LogP contribution is -2.53. The predicted molar refractivity (Wildman–Crippen MR) is 64.9 cm³/mol. The van der Waals surface area contributed by atoms with Crippen molar-refractivity contribution in [3.8, 4) is 0 Å². The number of likely N-dealkylation sites (tertiary alicyclic amines) is 1. The molecule has 1 saturated heterocycles. The molecule has 1 aliphatic rings. The van der Waals surface area contributed by atoms with E-state index in [0.717, 1.165) is 19.3 Å². The van der Waals surface area contributed by atoms with Crippen molar-refractivity contribution in [2.45, 2.75) is 45.6 Å². The highest BCUT2D eigenvalue weighted by Gasteiger charge is 2.33. The minimum Gasteiger partial charge on any atom is -0.480 e. The van der Waals surface area contributed by atoms with Crippen molar-refractivity contribution in [2.24, 2.45) is 0 Å². The Bertz CT molecular complexity index is 281. The van der Waals surface area contributed by atoms with Crippen LogP contribution < -0.4 is 0 Å². The molecular weight excluding hydrogens is 220 g/mol. The van der Waals surface area contributed by atoms with Crippen LogP contribution in [-0.2, 0) is 4.79 Å². The first-order valence-electron chi connectivity index (χ1n) is 6.40. The molecule has 0 spiro atoms. The maximum atomic E-state index is 12.2. The van der Waals surface area contributed by atoms with E-state index in [0.29, 0.717) is 26.1 Å². The molecule has 0 aromatic carbocycles. The summed E-state index contributed by atoms with van der Waals surface area (Å²) in [6.45, 7) is 5.83. The number of nitrogens with zero attached hydrogens (tertiary/aromatic N) is 2. The largest absolute Gasteiger partial charge is 0.480 e. The first-order chi connectivity index (χ1) is 8.11. The summed E-state index contributed by atoms with van der Waals surface area (Å²) in [6.07, 6.45) is 3.26. The lowest BCUT2D eigenvalue weighted by atomic mass is 10.0. The number of carboxylic acids is 1. The summed E-state index contributed by atoms with van der Waals surface area (Å²) in [4.78, 5) is 26.6. The zero-order chi connectivity index (χ0) is 12.8. The van der Waals surface area contributed by atoms with Gasteiger partial charge in [-0.1, -0.05) is 6.92 Å². The lowest BCUT2D eigenvalue weighted by molar-refractivity contribution is -0.143. The molecule has 1 rings (SSSR count). The lowest BCUT2D eigenvalue weighted by Gasteiger charge is -2.36. The van der Waals surface area contributed by atoms with Crippen molar-refractivity contribution in [1.82, 2.24) is 9.80 Å². The molecule has 1 heterocycles. The first kappa shape index (κ1) is 13.8. The van der Waals surface area contributed by atoms with E-state index in [9.17, 15) is 9.59 Å². The SMILES string of the molecule is CCCN(CC)C(=O)N1CCCC[C@@H]1C(=O)O. The van der Waals surface area contributed by atoms with Gasteiger partial charge in [0.25, 0.3) is 0 Å². The number of hydrogen-bond acceptors (Lipinski definition) is 2. The van der Waals surface area contributed by atoms with Crippen molar-refractivity contribution >= 4 is 12.0 Å². The third-order valence-corrected chi connectivity index (χ3v) is 3.18. The fourth-order valence-corrected chi connectivity index (χ4v) is 2.26. The van der Waals surface area contributed by atoms with Gasteiger partial charge in [0.2, 0.25) is 0 Å². The number of hydrogen-bond donors (Lipinski definition) is 1. The molecule has 1 N–H and O–H groups in total. The maximum absolute atomic E-state index is 12.2. The number of aliphatic carboxylic acids is 1. The van der Waals surface area contributed by atoms with E-state index >= 15 is 0 Å². The van der Waals surface area contributed by atoms with Gasteiger partial charge in [0.05, 0.1) is 0 Å². The Morgan fingerprint density at radius 3 is 2.59 bits per heavy atom. The Morgan fingerprint density at radius 1 is 1.35 bits per heavy atom. The Morgan fingerprint density at radius 2 is 2.06 bits per heavy atom. The molecule has 5 heteroatoms. The van der Waals surface area contributed by atoms with Crippen LogP contribution in [0.3, 0.4) is 0 Å². The molecule has 98 valence electrons. The maximum Gasteiger partial charge on any atom is 0.326 e. The molecule has 1 aliphatic heterocycles. The molecule has 2 amide bonds. The van der Waals surface area contributed by atoms with Crippen molar-refractivity contribution in [2.75, 3.05) is 19.6 Å². The zero-order valence-electron chi connectivity index (χ0n) is 10.7. The predicted octanol–water partition coefficient (Wildman–Crippen LogP) is 1.78. The van der Waals surface area contributed by atoms with Crippen LogP contribution in [-0.4, -0.2) is 52.6 Å². The molecule has 0 radical (unpaired) electrons. The van der Waals surface area contributed by atoms with Crippen molar-refractivity contribution in [3.05, 3.63) is 0 Å². The minimum atomic E-state index is -0.884. The third kappa shape index (κ3) is 3.35. The van der Waals surface area contributed by atoms with E-state index in [1.165, 1.54) is 4.90 Å². The molecule has 1 fully saturated rings. The zero-order valence-corrected chi connectivity index (χ0v) is 10.7. The van der Waals surface area contributed by atoms with Gasteiger partial charge in [-0.2, -0.15) is 0 Å². The number of urea groups is 1. The van der Waals surface area contributed by atoms with Gasteiger partial charge in [-0.15, -0.1) is 0 Å². The van der Waals surface area contributed by atoms with E-state index in [2.05, 4.69) is 0 Å². The summed E-state index contributed by atoms with van der Waals surface area (Å²) >= 11 is 0. The molecule has 0 aliphatic carbocycles. The summed E-state index contributed by atoms with van der Waals surface area (Å²) in [5, 5.41) is 9.13. The van der Waals surface area contributed by atoms with Crippen LogP contribution in [0.2, 0.25) is 0 Å². The highest BCUT2D eigenvalue weighted by molar-refractivity contribution is 5.82. The Balaban J connectivity index is 2.73. The average Bonchev–Trinajstić information content (AvgIpc) is 2.35. The van der Waals surface area contributed by atoms with E-state index in [1.54, 1.807) is 4.90 Å². The highest BCUT2D eigenvalue weighted by atomic mass is 16.4. The molecular formula is C12H22N2O3. The van der Waals surface area contributed by atoms with Crippen LogP contribution in [0.4, 0.5) is 4.79 Å². The monoisotopic (exact) mass is 242 g/mol. The van der Waals surface area contributed by atoms with Gasteiger partial charge in [0, 0.05) is 19.6 Å². The Hall–Kier alpha value is -1.26. The molecule has 0 aromatic rings. The van der Waals surface area contributed by atoms with Crippen molar-refractivity contribution < 1.29 is 14.7 Å². The second kappa shape index (κ2) is 6.47. The second-order valence-corrected chi connectivity index (χ2v) is 4.41. The average molecular weight is 242 g/mol. The summed E-state index contributed by atoms with van der Waals surface area (Å²) < 4.78 is 0. The minimum absolute atomic E-state index is 0.124. The van der Waals surface area contributed by atoms with Crippen molar-refractivity contribution in [1.29, 1.82) is 0 Å². The number of carbonyl (C=O) groups excluding carboxylic acids is 1. The van der Waals surface area contributed by atoms with Crippen LogP contribution in [0, 0.1) is 0 Å². The third-order valence-electron chi connectivity index (χ3n) is 3.18. The molecule has 1 atom stereocenters. The van der Waals surface area contributed by atoms with Gasteiger partial charge in [-0.25, -0.2) is 9.59 Å². The summed E-state index contributed by atoms with van der Waals surface area (Å²) in [5.41, 5.74) is 0. The Kier molecular flexibility index (Phi) is 5.25. The first-order valence-corrected chi connectivity index (χ1v) is 6.40. The molecule has 0 unspecified atom stereocenters. The van der Waals surface area contributed by atoms with Gasteiger partial charge < -0.3 is 14.9 Å². The Labute approximate surface area is 102 Å². The number of piperidine rings is 1. The number of amides is 2. The highest BCUT2D eigenvalue weighted by Crippen LogP contribution is 2.19. The van der Waals surface area contributed by atoms with Crippen LogP contribution in [0.15, 0.2) is 0 Å². The van der Waals surface area contributed by atoms with E-state index in [1.807, 2.05) is 13.8 Å². The van der Waals surface area contributed by atoms with E-state index < -0.39 is 12.0 Å². The van der Waals surface area contributed by atoms with Gasteiger partial charge >= 0.3 is 12.0 Å². The summed E-state index contributed by atoms with van der Waals surface area (Å²) in [7, 11) is 0.